The van der Waals surface area contributed by atoms with Crippen LogP contribution in [0.3, 0.4) is 0 Å². The van der Waals surface area contributed by atoms with Crippen LogP contribution in [0.4, 0.5) is 18.9 Å². The van der Waals surface area contributed by atoms with Crippen LogP contribution in [0, 0.1) is 5.92 Å². The molecule has 2 aliphatic rings. The van der Waals surface area contributed by atoms with Gasteiger partial charge in [-0.3, -0.25) is 9.59 Å². The second kappa shape index (κ2) is 10.3. The van der Waals surface area contributed by atoms with Gasteiger partial charge in [0.2, 0.25) is 21.8 Å². The topological polar surface area (TPSA) is 105 Å². The van der Waals surface area contributed by atoms with Crippen LogP contribution in [0.1, 0.15) is 19.8 Å². The normalized spacial score (nSPS) is 18.7. The van der Waals surface area contributed by atoms with Gasteiger partial charge in [0.15, 0.2) is 6.61 Å². The number of carbonyl (C=O) groups is 2. The average molecular weight is 494 g/mol. The predicted octanol–water partition coefficient (Wildman–Crippen LogP) is 1.85. The number of amides is 2. The number of ether oxygens (including phenoxy) is 2. The van der Waals surface area contributed by atoms with Crippen molar-refractivity contribution >= 4 is 27.5 Å². The molecule has 0 bridgehead atoms. The molecule has 1 aromatic carbocycles. The van der Waals surface area contributed by atoms with Crippen molar-refractivity contribution in [1.29, 1.82) is 0 Å². The Morgan fingerprint density at radius 1 is 1.15 bits per heavy atom. The van der Waals surface area contributed by atoms with Gasteiger partial charge in [-0.1, -0.05) is 0 Å². The third kappa shape index (κ3) is 6.58. The van der Waals surface area contributed by atoms with Crippen LogP contribution in [0.5, 0.6) is 5.75 Å². The largest absolute Gasteiger partial charge is 0.482 e. The van der Waals surface area contributed by atoms with E-state index < -0.39 is 34.6 Å². The molecule has 2 saturated heterocycles. The van der Waals surface area contributed by atoms with Crippen LogP contribution in [0.2, 0.25) is 0 Å². The van der Waals surface area contributed by atoms with Gasteiger partial charge in [0.1, 0.15) is 5.75 Å². The van der Waals surface area contributed by atoms with E-state index in [1.54, 1.807) is 4.90 Å². The molecule has 2 fully saturated rings. The van der Waals surface area contributed by atoms with Crippen molar-refractivity contribution in [3.8, 4) is 5.75 Å². The molecule has 2 aliphatic heterocycles. The van der Waals surface area contributed by atoms with Crippen molar-refractivity contribution in [3.05, 3.63) is 18.2 Å². The summed E-state index contributed by atoms with van der Waals surface area (Å²) in [5.74, 6) is -1.34. The van der Waals surface area contributed by atoms with E-state index in [0.717, 1.165) is 18.2 Å². The van der Waals surface area contributed by atoms with Crippen LogP contribution < -0.4 is 10.1 Å². The zero-order chi connectivity index (χ0) is 24.2. The fraction of sp³-hybridized carbons (Fsp3) is 0.600. The van der Waals surface area contributed by atoms with E-state index in [1.165, 1.54) is 11.2 Å². The van der Waals surface area contributed by atoms with Gasteiger partial charge in [0.25, 0.3) is 0 Å². The molecule has 3 rings (SSSR count). The number of likely N-dealkylation sites (tertiary alicyclic amines) is 1. The SMILES string of the molecule is CC(=O)N1CCC(C(=O)Nc2cc(S(=O)(=O)N3CCOCC3)ccc2OCC(F)(F)F)CC1. The smallest absolute Gasteiger partial charge is 0.422 e. The Balaban J connectivity index is 1.82. The highest BCUT2D eigenvalue weighted by Gasteiger charge is 2.32. The second-order valence-electron chi connectivity index (χ2n) is 7.85. The number of nitrogens with zero attached hydrogens (tertiary/aromatic N) is 2. The summed E-state index contributed by atoms with van der Waals surface area (Å²) in [6.07, 6.45) is -3.84. The highest BCUT2D eigenvalue weighted by atomic mass is 32.2. The number of hydrogen-bond acceptors (Lipinski definition) is 6. The maximum atomic E-state index is 13.0. The van der Waals surface area contributed by atoms with Crippen molar-refractivity contribution in [2.45, 2.75) is 30.8 Å². The van der Waals surface area contributed by atoms with Crippen LogP contribution in [0.15, 0.2) is 23.1 Å². The number of carbonyl (C=O) groups excluding carboxylic acids is 2. The first-order chi connectivity index (χ1) is 15.5. The van der Waals surface area contributed by atoms with Crippen molar-refractivity contribution in [2.24, 2.45) is 5.92 Å². The number of hydrogen-bond donors (Lipinski definition) is 1. The number of sulfonamides is 1. The summed E-state index contributed by atoms with van der Waals surface area (Å²) in [5, 5.41) is 2.53. The van der Waals surface area contributed by atoms with Gasteiger partial charge in [-0.25, -0.2) is 8.42 Å². The zero-order valence-electron chi connectivity index (χ0n) is 18.1. The Kier molecular flexibility index (Phi) is 7.85. The Morgan fingerprint density at radius 3 is 2.36 bits per heavy atom. The van der Waals surface area contributed by atoms with Crippen LogP contribution in [0.25, 0.3) is 0 Å². The highest BCUT2D eigenvalue weighted by molar-refractivity contribution is 7.89. The maximum absolute atomic E-state index is 13.0. The zero-order valence-corrected chi connectivity index (χ0v) is 18.9. The van der Waals surface area contributed by atoms with Crippen LogP contribution >= 0.6 is 0 Å². The average Bonchev–Trinajstić information content (AvgIpc) is 2.78. The molecule has 13 heteroatoms. The molecule has 0 atom stereocenters. The number of alkyl halides is 3. The molecule has 0 aromatic heterocycles. The van der Waals surface area contributed by atoms with E-state index in [-0.39, 0.29) is 48.5 Å². The van der Waals surface area contributed by atoms with Gasteiger partial charge in [0, 0.05) is 39.0 Å². The summed E-state index contributed by atoms with van der Waals surface area (Å²) in [7, 11) is -3.94. The molecule has 184 valence electrons. The number of morpholine rings is 1. The van der Waals surface area contributed by atoms with Crippen LogP contribution in [-0.4, -0.2) is 81.6 Å². The third-order valence-electron chi connectivity index (χ3n) is 5.52. The predicted molar refractivity (Wildman–Crippen MR) is 111 cm³/mol. The summed E-state index contributed by atoms with van der Waals surface area (Å²) in [6, 6.07) is 3.36. The second-order valence-corrected chi connectivity index (χ2v) is 9.79. The molecule has 1 aromatic rings. The number of nitrogens with one attached hydrogen (secondary N) is 1. The lowest BCUT2D eigenvalue weighted by molar-refractivity contribution is -0.153. The molecule has 9 nitrogen and oxygen atoms in total. The Labute approximate surface area is 189 Å². The van der Waals surface area contributed by atoms with Gasteiger partial charge in [-0.05, 0) is 31.0 Å². The lowest BCUT2D eigenvalue weighted by Gasteiger charge is -2.30. The molecular formula is C20H26F3N3O6S. The molecule has 1 N–H and O–H groups in total. The first-order valence-corrected chi connectivity index (χ1v) is 11.9. The molecular weight excluding hydrogens is 467 g/mol. The van der Waals surface area contributed by atoms with Gasteiger partial charge < -0.3 is 19.7 Å². The third-order valence-corrected chi connectivity index (χ3v) is 7.41. The molecule has 0 saturated carbocycles. The maximum Gasteiger partial charge on any atom is 0.422 e. The van der Waals surface area contributed by atoms with Crippen molar-refractivity contribution in [3.63, 3.8) is 0 Å². The molecule has 0 aliphatic carbocycles. The van der Waals surface area contributed by atoms with Gasteiger partial charge in [-0.2, -0.15) is 17.5 Å². The Morgan fingerprint density at radius 2 is 1.79 bits per heavy atom. The number of piperidine rings is 1. The number of rotatable bonds is 6. The van der Waals surface area contributed by atoms with Gasteiger partial charge in [0.05, 0.1) is 23.8 Å². The van der Waals surface area contributed by atoms with E-state index in [1.807, 2.05) is 0 Å². The van der Waals surface area contributed by atoms with Crippen molar-refractivity contribution in [1.82, 2.24) is 9.21 Å². The van der Waals surface area contributed by atoms with E-state index in [0.29, 0.717) is 25.9 Å². The van der Waals surface area contributed by atoms with E-state index in [4.69, 9.17) is 9.47 Å². The van der Waals surface area contributed by atoms with Crippen LogP contribution in [-0.2, 0) is 24.3 Å². The standard InChI is InChI=1S/C20H26F3N3O6S/c1-14(27)25-6-4-15(5-7-25)19(28)24-17-12-16(2-3-18(17)32-13-20(21,22)23)33(29,30)26-8-10-31-11-9-26/h2-3,12,15H,4-11,13H2,1H3,(H,24,28). The van der Waals surface area contributed by atoms with E-state index in [2.05, 4.69) is 5.32 Å². The quantitative estimate of drug-likeness (QED) is 0.649. The Bertz CT molecular complexity index is 972. The minimum absolute atomic E-state index is 0.0993. The van der Waals surface area contributed by atoms with Gasteiger partial charge in [-0.15, -0.1) is 0 Å². The van der Waals surface area contributed by atoms with E-state index >= 15 is 0 Å². The number of anilines is 1. The van der Waals surface area contributed by atoms with E-state index in [9.17, 15) is 31.2 Å². The summed E-state index contributed by atoms with van der Waals surface area (Å²) >= 11 is 0. The lowest BCUT2D eigenvalue weighted by atomic mass is 9.96. The summed E-state index contributed by atoms with van der Waals surface area (Å²) < 4.78 is 75.2. The van der Waals surface area contributed by atoms with Crippen molar-refractivity contribution < 1.29 is 40.7 Å². The van der Waals surface area contributed by atoms with Gasteiger partial charge >= 0.3 is 6.18 Å². The Hall–Kier alpha value is -2.38. The number of halogens is 3. The highest BCUT2D eigenvalue weighted by Crippen LogP contribution is 2.32. The fourth-order valence-corrected chi connectivity index (χ4v) is 5.11. The molecule has 0 unspecified atom stereocenters. The number of benzene rings is 1. The van der Waals surface area contributed by atoms with Crippen molar-refractivity contribution in [2.75, 3.05) is 51.3 Å². The summed E-state index contributed by atoms with van der Waals surface area (Å²) in [5.41, 5.74) is -0.160. The minimum atomic E-state index is -4.61. The summed E-state index contributed by atoms with van der Waals surface area (Å²) in [4.78, 5) is 25.7. The first kappa shape index (κ1) is 25.2. The lowest BCUT2D eigenvalue weighted by Crippen LogP contribution is -2.41. The minimum Gasteiger partial charge on any atom is -0.482 e. The summed E-state index contributed by atoms with van der Waals surface area (Å²) in [6.45, 7) is 1.36. The molecule has 0 radical (unpaired) electrons. The molecule has 2 amide bonds. The molecule has 2 heterocycles. The monoisotopic (exact) mass is 493 g/mol. The fourth-order valence-electron chi connectivity index (χ4n) is 3.68. The molecule has 0 spiro atoms. The molecule has 33 heavy (non-hydrogen) atoms. The first-order valence-electron chi connectivity index (χ1n) is 10.5.